The topological polar surface area (TPSA) is 91.2 Å². The number of nitrogens with one attached hydrogen (secondary N) is 1. The number of benzene rings is 1. The Bertz CT molecular complexity index is 995. The van der Waals surface area contributed by atoms with Crippen LogP contribution < -0.4 is 14.8 Å². The lowest BCUT2D eigenvalue weighted by Crippen LogP contribution is -2.32. The lowest BCUT2D eigenvalue weighted by Gasteiger charge is -2.20. The zero-order valence-electron chi connectivity index (χ0n) is 17.7. The van der Waals surface area contributed by atoms with Crippen molar-refractivity contribution in [3.05, 3.63) is 59.4 Å². The standard InChI is InChI=1S/C21H25N5O3S/c1-13-8-14(2)24-21(23-13)30-12-18(27)25-19(20-22-6-7-26(20)3)15-9-16(28-4)11-17(10-15)29-5/h6-11,19H,12H2,1-5H3,(H,25,27)/t19-/m1/s1. The van der Waals surface area contributed by atoms with Gasteiger partial charge in [0.1, 0.15) is 23.4 Å². The van der Waals surface area contributed by atoms with E-state index in [2.05, 4.69) is 20.3 Å². The van der Waals surface area contributed by atoms with Gasteiger partial charge >= 0.3 is 0 Å². The molecule has 158 valence electrons. The lowest BCUT2D eigenvalue weighted by molar-refractivity contribution is -0.119. The molecule has 3 aromatic rings. The van der Waals surface area contributed by atoms with Gasteiger partial charge in [-0.1, -0.05) is 11.8 Å². The van der Waals surface area contributed by atoms with E-state index in [1.807, 2.05) is 49.9 Å². The van der Waals surface area contributed by atoms with Crippen molar-refractivity contribution in [3.8, 4) is 11.5 Å². The van der Waals surface area contributed by atoms with Gasteiger partial charge in [0.25, 0.3) is 0 Å². The fourth-order valence-electron chi connectivity index (χ4n) is 3.04. The zero-order chi connectivity index (χ0) is 21.7. The van der Waals surface area contributed by atoms with Gasteiger partial charge in [-0.15, -0.1) is 0 Å². The van der Waals surface area contributed by atoms with Crippen molar-refractivity contribution in [2.75, 3.05) is 20.0 Å². The zero-order valence-corrected chi connectivity index (χ0v) is 18.5. The van der Waals surface area contributed by atoms with Gasteiger partial charge in [-0.3, -0.25) is 4.79 Å². The van der Waals surface area contributed by atoms with Crippen LogP contribution >= 0.6 is 11.8 Å². The number of aryl methyl sites for hydroxylation is 3. The number of nitrogens with zero attached hydrogens (tertiary/aromatic N) is 4. The summed E-state index contributed by atoms with van der Waals surface area (Å²) in [6.45, 7) is 3.82. The van der Waals surface area contributed by atoms with Gasteiger partial charge in [0, 0.05) is 36.9 Å². The number of rotatable bonds is 8. The molecule has 0 aliphatic heterocycles. The van der Waals surface area contributed by atoms with Crippen LogP contribution in [0.1, 0.15) is 28.8 Å². The van der Waals surface area contributed by atoms with E-state index in [0.717, 1.165) is 17.0 Å². The van der Waals surface area contributed by atoms with Crippen LogP contribution in [0.3, 0.4) is 0 Å². The van der Waals surface area contributed by atoms with Crippen LogP contribution in [0, 0.1) is 13.8 Å². The Morgan fingerprint density at radius 2 is 1.73 bits per heavy atom. The van der Waals surface area contributed by atoms with Crippen LogP contribution in [0.25, 0.3) is 0 Å². The minimum Gasteiger partial charge on any atom is -0.497 e. The van der Waals surface area contributed by atoms with Crippen molar-refractivity contribution < 1.29 is 14.3 Å². The van der Waals surface area contributed by atoms with Crippen LogP contribution in [0.15, 0.2) is 41.8 Å². The minimum absolute atomic E-state index is 0.155. The van der Waals surface area contributed by atoms with Crippen molar-refractivity contribution in [2.24, 2.45) is 7.05 Å². The summed E-state index contributed by atoms with van der Waals surface area (Å²) in [5.74, 6) is 2.00. The van der Waals surface area contributed by atoms with E-state index in [1.54, 1.807) is 26.5 Å². The Morgan fingerprint density at radius 1 is 1.10 bits per heavy atom. The average molecular weight is 428 g/mol. The minimum atomic E-state index is -0.470. The summed E-state index contributed by atoms with van der Waals surface area (Å²) < 4.78 is 12.6. The van der Waals surface area contributed by atoms with Crippen LogP contribution in [0.5, 0.6) is 11.5 Å². The van der Waals surface area contributed by atoms with Crippen molar-refractivity contribution in [3.63, 3.8) is 0 Å². The Balaban J connectivity index is 1.83. The number of carbonyl (C=O) groups excluding carboxylic acids is 1. The predicted molar refractivity (Wildman–Crippen MR) is 115 cm³/mol. The van der Waals surface area contributed by atoms with Crippen LogP contribution in [-0.4, -0.2) is 45.4 Å². The smallest absolute Gasteiger partial charge is 0.231 e. The quantitative estimate of drug-likeness (QED) is 0.437. The van der Waals surface area contributed by atoms with Gasteiger partial charge < -0.3 is 19.4 Å². The molecular weight excluding hydrogens is 402 g/mol. The Hall–Kier alpha value is -3.07. The van der Waals surface area contributed by atoms with Gasteiger partial charge in [0.2, 0.25) is 5.91 Å². The second-order valence-electron chi connectivity index (χ2n) is 6.76. The van der Waals surface area contributed by atoms with Gasteiger partial charge in [0.15, 0.2) is 5.16 Å². The monoisotopic (exact) mass is 427 g/mol. The molecule has 0 spiro atoms. The van der Waals surface area contributed by atoms with Crippen molar-refractivity contribution in [2.45, 2.75) is 25.0 Å². The van der Waals surface area contributed by atoms with Crippen LogP contribution in [0.2, 0.25) is 0 Å². The SMILES string of the molecule is COc1cc(OC)cc([C@@H](NC(=O)CSc2nc(C)cc(C)n2)c2nccn2C)c1. The summed E-state index contributed by atoms with van der Waals surface area (Å²) in [5.41, 5.74) is 2.56. The molecule has 1 amide bonds. The third kappa shape index (κ3) is 5.29. The molecule has 3 rings (SSSR count). The van der Waals surface area contributed by atoms with Crippen LogP contribution in [0.4, 0.5) is 0 Å². The van der Waals surface area contributed by atoms with E-state index < -0.39 is 6.04 Å². The number of thioether (sulfide) groups is 1. The Labute approximate surface area is 180 Å². The van der Waals surface area contributed by atoms with Crippen LogP contribution in [-0.2, 0) is 11.8 Å². The lowest BCUT2D eigenvalue weighted by atomic mass is 10.0. The number of methoxy groups -OCH3 is 2. The number of hydrogen-bond acceptors (Lipinski definition) is 7. The highest BCUT2D eigenvalue weighted by Crippen LogP contribution is 2.29. The molecule has 1 atom stereocenters. The molecule has 0 unspecified atom stereocenters. The van der Waals surface area contributed by atoms with E-state index >= 15 is 0 Å². The van der Waals surface area contributed by atoms with Gasteiger partial charge in [-0.2, -0.15) is 0 Å². The van der Waals surface area contributed by atoms with Crippen molar-refractivity contribution in [1.82, 2.24) is 24.8 Å². The van der Waals surface area contributed by atoms with Crippen molar-refractivity contribution in [1.29, 1.82) is 0 Å². The molecule has 0 aliphatic rings. The molecule has 1 N–H and O–H groups in total. The first kappa shape index (κ1) is 21.6. The summed E-state index contributed by atoms with van der Waals surface area (Å²) in [6, 6.07) is 6.94. The highest BCUT2D eigenvalue weighted by atomic mass is 32.2. The number of carbonyl (C=O) groups is 1. The molecule has 0 saturated heterocycles. The fraction of sp³-hybridized carbons (Fsp3) is 0.333. The van der Waals surface area contributed by atoms with E-state index in [0.29, 0.717) is 22.5 Å². The molecule has 1 aromatic carbocycles. The number of hydrogen-bond donors (Lipinski definition) is 1. The van der Waals surface area contributed by atoms with E-state index in [9.17, 15) is 4.79 Å². The normalized spacial score (nSPS) is 11.8. The third-order valence-electron chi connectivity index (χ3n) is 4.42. The molecule has 0 fully saturated rings. The summed E-state index contributed by atoms with van der Waals surface area (Å²) in [7, 11) is 5.07. The fourth-order valence-corrected chi connectivity index (χ4v) is 3.80. The maximum absolute atomic E-state index is 12.8. The van der Waals surface area contributed by atoms with E-state index in [-0.39, 0.29) is 11.7 Å². The molecular formula is C21H25N5O3S. The first-order valence-electron chi connectivity index (χ1n) is 9.34. The maximum Gasteiger partial charge on any atom is 0.231 e. The number of imidazole rings is 1. The first-order chi connectivity index (χ1) is 14.4. The Kier molecular flexibility index (Phi) is 6.94. The molecule has 0 aliphatic carbocycles. The number of ether oxygens (including phenoxy) is 2. The molecule has 8 nitrogen and oxygen atoms in total. The second kappa shape index (κ2) is 9.62. The second-order valence-corrected chi connectivity index (χ2v) is 7.71. The van der Waals surface area contributed by atoms with Gasteiger partial charge in [-0.05, 0) is 37.6 Å². The average Bonchev–Trinajstić information content (AvgIpc) is 3.14. The Morgan fingerprint density at radius 3 is 2.27 bits per heavy atom. The largest absolute Gasteiger partial charge is 0.497 e. The maximum atomic E-state index is 12.8. The highest BCUT2D eigenvalue weighted by molar-refractivity contribution is 7.99. The van der Waals surface area contributed by atoms with E-state index in [4.69, 9.17) is 9.47 Å². The predicted octanol–water partition coefficient (Wildman–Crippen LogP) is 2.84. The summed E-state index contributed by atoms with van der Waals surface area (Å²) in [4.78, 5) is 26.0. The summed E-state index contributed by atoms with van der Waals surface area (Å²) in [5, 5.41) is 3.65. The number of amides is 1. The third-order valence-corrected chi connectivity index (χ3v) is 5.27. The molecule has 2 heterocycles. The summed E-state index contributed by atoms with van der Waals surface area (Å²) >= 11 is 1.30. The molecule has 0 bridgehead atoms. The molecule has 2 aromatic heterocycles. The molecule has 30 heavy (non-hydrogen) atoms. The molecule has 9 heteroatoms. The molecule has 0 radical (unpaired) electrons. The van der Waals surface area contributed by atoms with E-state index in [1.165, 1.54) is 11.8 Å². The van der Waals surface area contributed by atoms with Crippen molar-refractivity contribution >= 4 is 17.7 Å². The first-order valence-corrected chi connectivity index (χ1v) is 10.3. The van der Waals surface area contributed by atoms with Gasteiger partial charge in [-0.25, -0.2) is 15.0 Å². The van der Waals surface area contributed by atoms with Gasteiger partial charge in [0.05, 0.1) is 20.0 Å². The highest BCUT2D eigenvalue weighted by Gasteiger charge is 2.22. The molecule has 0 saturated carbocycles. The number of aromatic nitrogens is 4. The summed E-state index contributed by atoms with van der Waals surface area (Å²) in [6.07, 6.45) is 3.54.